The van der Waals surface area contributed by atoms with E-state index in [1.54, 1.807) is 17.4 Å². The molecule has 0 aliphatic rings. The Kier molecular flexibility index (Phi) is 4.46. The second-order valence-corrected chi connectivity index (χ2v) is 5.97. The van der Waals surface area contributed by atoms with Crippen molar-refractivity contribution in [3.63, 3.8) is 0 Å². The SMILES string of the molecule is CCc1ccsc1CNCc1ccc([N+](=O)[O-])s1. The van der Waals surface area contributed by atoms with Crippen molar-refractivity contribution in [2.75, 3.05) is 0 Å². The molecule has 0 saturated heterocycles. The van der Waals surface area contributed by atoms with E-state index < -0.39 is 0 Å². The van der Waals surface area contributed by atoms with E-state index in [0.29, 0.717) is 6.54 Å². The normalized spacial score (nSPS) is 10.7. The van der Waals surface area contributed by atoms with Crippen molar-refractivity contribution in [2.45, 2.75) is 26.4 Å². The summed E-state index contributed by atoms with van der Waals surface area (Å²) in [7, 11) is 0. The number of rotatable bonds is 6. The van der Waals surface area contributed by atoms with Crippen LogP contribution >= 0.6 is 22.7 Å². The molecule has 2 aromatic heterocycles. The van der Waals surface area contributed by atoms with E-state index in [4.69, 9.17) is 0 Å². The van der Waals surface area contributed by atoms with Gasteiger partial charge in [-0.1, -0.05) is 18.3 Å². The van der Waals surface area contributed by atoms with Gasteiger partial charge >= 0.3 is 5.00 Å². The highest BCUT2D eigenvalue weighted by Gasteiger charge is 2.09. The standard InChI is InChI=1S/C12H14N2O2S2/c1-2-9-5-6-17-11(9)8-13-7-10-3-4-12(18-10)14(15)16/h3-6,13H,2,7-8H2,1H3. The van der Waals surface area contributed by atoms with E-state index in [1.165, 1.54) is 21.8 Å². The lowest BCUT2D eigenvalue weighted by atomic mass is 10.2. The van der Waals surface area contributed by atoms with Crippen LogP contribution in [0.5, 0.6) is 0 Å². The second-order valence-electron chi connectivity index (χ2n) is 3.82. The molecule has 0 aliphatic carbocycles. The van der Waals surface area contributed by atoms with Gasteiger partial charge in [0.1, 0.15) is 0 Å². The Morgan fingerprint density at radius 2 is 2.17 bits per heavy atom. The van der Waals surface area contributed by atoms with Crippen LogP contribution in [0, 0.1) is 10.1 Å². The van der Waals surface area contributed by atoms with Gasteiger partial charge in [0.25, 0.3) is 0 Å². The molecule has 96 valence electrons. The summed E-state index contributed by atoms with van der Waals surface area (Å²) in [5.74, 6) is 0. The molecule has 2 rings (SSSR count). The fourth-order valence-corrected chi connectivity index (χ4v) is 3.43. The van der Waals surface area contributed by atoms with Crippen LogP contribution in [0.1, 0.15) is 22.2 Å². The van der Waals surface area contributed by atoms with Gasteiger partial charge in [0.2, 0.25) is 0 Å². The van der Waals surface area contributed by atoms with Crippen molar-refractivity contribution in [1.29, 1.82) is 0 Å². The minimum absolute atomic E-state index is 0.206. The van der Waals surface area contributed by atoms with Crippen LogP contribution in [0.4, 0.5) is 5.00 Å². The Morgan fingerprint density at radius 1 is 1.33 bits per heavy atom. The Morgan fingerprint density at radius 3 is 2.83 bits per heavy atom. The maximum atomic E-state index is 10.6. The molecule has 0 spiro atoms. The molecule has 0 aromatic carbocycles. The molecular weight excluding hydrogens is 268 g/mol. The zero-order chi connectivity index (χ0) is 13.0. The maximum Gasteiger partial charge on any atom is 0.324 e. The Labute approximate surface area is 113 Å². The fourth-order valence-electron chi connectivity index (χ4n) is 1.70. The van der Waals surface area contributed by atoms with Crippen molar-refractivity contribution < 1.29 is 4.92 Å². The molecular formula is C12H14N2O2S2. The van der Waals surface area contributed by atoms with Gasteiger partial charge < -0.3 is 5.32 Å². The van der Waals surface area contributed by atoms with Gasteiger partial charge in [0.15, 0.2) is 0 Å². The summed E-state index contributed by atoms with van der Waals surface area (Å²) >= 11 is 2.98. The van der Waals surface area contributed by atoms with Gasteiger partial charge in [0, 0.05) is 28.9 Å². The number of hydrogen-bond acceptors (Lipinski definition) is 5. The predicted octanol–water partition coefficient (Wildman–Crippen LogP) is 3.57. The van der Waals surface area contributed by atoms with Gasteiger partial charge in [-0.05, 0) is 29.5 Å². The van der Waals surface area contributed by atoms with Gasteiger partial charge in [0.05, 0.1) is 4.92 Å². The molecule has 6 heteroatoms. The fraction of sp³-hybridized carbons (Fsp3) is 0.333. The van der Waals surface area contributed by atoms with Crippen LogP contribution < -0.4 is 5.32 Å². The second kappa shape index (κ2) is 6.08. The molecule has 18 heavy (non-hydrogen) atoms. The zero-order valence-electron chi connectivity index (χ0n) is 10.0. The summed E-state index contributed by atoms with van der Waals surface area (Å²) in [4.78, 5) is 12.6. The lowest BCUT2D eigenvalue weighted by Crippen LogP contribution is -2.11. The quantitative estimate of drug-likeness (QED) is 0.651. The molecule has 0 amide bonds. The molecule has 0 aliphatic heterocycles. The molecule has 0 unspecified atom stereocenters. The number of nitrogens with one attached hydrogen (secondary N) is 1. The lowest BCUT2D eigenvalue weighted by Gasteiger charge is -2.03. The third kappa shape index (κ3) is 3.16. The third-order valence-electron chi connectivity index (χ3n) is 2.63. The van der Waals surface area contributed by atoms with Crippen LogP contribution in [-0.2, 0) is 19.5 Å². The largest absolute Gasteiger partial charge is 0.324 e. The van der Waals surface area contributed by atoms with E-state index >= 15 is 0 Å². The Balaban J connectivity index is 1.86. The Bertz CT molecular complexity index is 534. The van der Waals surface area contributed by atoms with Crippen molar-refractivity contribution >= 4 is 27.7 Å². The number of nitro groups is 1. The van der Waals surface area contributed by atoms with E-state index in [2.05, 4.69) is 23.7 Å². The first kappa shape index (κ1) is 13.2. The average molecular weight is 282 g/mol. The van der Waals surface area contributed by atoms with Crippen LogP contribution in [-0.4, -0.2) is 4.92 Å². The monoisotopic (exact) mass is 282 g/mol. The van der Waals surface area contributed by atoms with Crippen LogP contribution in [0.25, 0.3) is 0 Å². The highest BCUT2D eigenvalue weighted by Crippen LogP contribution is 2.24. The molecule has 1 N–H and O–H groups in total. The van der Waals surface area contributed by atoms with Gasteiger partial charge in [-0.15, -0.1) is 11.3 Å². The van der Waals surface area contributed by atoms with Crippen molar-refractivity contribution in [2.24, 2.45) is 0 Å². The summed E-state index contributed by atoms with van der Waals surface area (Å²) in [6, 6.07) is 5.52. The topological polar surface area (TPSA) is 55.2 Å². The predicted molar refractivity (Wildman–Crippen MR) is 75.2 cm³/mol. The molecule has 4 nitrogen and oxygen atoms in total. The highest BCUT2D eigenvalue weighted by atomic mass is 32.1. The first-order valence-electron chi connectivity index (χ1n) is 5.69. The van der Waals surface area contributed by atoms with E-state index in [1.807, 2.05) is 6.07 Å². The minimum atomic E-state index is -0.345. The summed E-state index contributed by atoms with van der Waals surface area (Å²) < 4.78 is 0. The molecule has 0 atom stereocenters. The first-order valence-corrected chi connectivity index (χ1v) is 7.39. The van der Waals surface area contributed by atoms with Crippen LogP contribution in [0.2, 0.25) is 0 Å². The van der Waals surface area contributed by atoms with Crippen LogP contribution in [0.15, 0.2) is 23.6 Å². The summed E-state index contributed by atoms with van der Waals surface area (Å²) in [5, 5.41) is 16.2. The van der Waals surface area contributed by atoms with Crippen LogP contribution in [0.3, 0.4) is 0 Å². The van der Waals surface area contributed by atoms with Crippen molar-refractivity contribution in [3.05, 3.63) is 49.0 Å². The number of thiophene rings is 2. The molecule has 0 bridgehead atoms. The van der Waals surface area contributed by atoms with Gasteiger partial charge in [-0.2, -0.15) is 0 Å². The first-order chi connectivity index (χ1) is 8.70. The third-order valence-corrected chi connectivity index (χ3v) is 4.63. The van der Waals surface area contributed by atoms with Crippen molar-refractivity contribution in [3.8, 4) is 0 Å². The minimum Gasteiger partial charge on any atom is -0.307 e. The number of aryl methyl sites for hydroxylation is 1. The highest BCUT2D eigenvalue weighted by molar-refractivity contribution is 7.15. The summed E-state index contributed by atoms with van der Waals surface area (Å²) in [6.45, 7) is 3.65. The zero-order valence-corrected chi connectivity index (χ0v) is 11.6. The summed E-state index contributed by atoms with van der Waals surface area (Å²) in [5.41, 5.74) is 1.38. The average Bonchev–Trinajstić information content (AvgIpc) is 2.97. The maximum absolute atomic E-state index is 10.6. The molecule has 0 radical (unpaired) electrons. The van der Waals surface area contributed by atoms with Gasteiger partial charge in [-0.25, -0.2) is 0 Å². The smallest absolute Gasteiger partial charge is 0.307 e. The molecule has 2 heterocycles. The van der Waals surface area contributed by atoms with Crippen molar-refractivity contribution in [1.82, 2.24) is 5.32 Å². The van der Waals surface area contributed by atoms with E-state index in [-0.39, 0.29) is 9.92 Å². The Hall–Kier alpha value is -1.24. The van der Waals surface area contributed by atoms with E-state index in [0.717, 1.165) is 17.8 Å². The number of hydrogen-bond donors (Lipinski definition) is 1. The number of nitrogens with zero attached hydrogens (tertiary/aromatic N) is 1. The molecule has 0 fully saturated rings. The van der Waals surface area contributed by atoms with Gasteiger partial charge in [-0.3, -0.25) is 10.1 Å². The molecule has 0 saturated carbocycles. The summed E-state index contributed by atoms with van der Waals surface area (Å²) in [6.07, 6.45) is 1.05. The lowest BCUT2D eigenvalue weighted by molar-refractivity contribution is -0.380. The molecule has 2 aromatic rings. The van der Waals surface area contributed by atoms with E-state index in [9.17, 15) is 10.1 Å².